The number of fused-ring (bicyclic) bond motifs is 1. The van der Waals surface area contributed by atoms with Gasteiger partial charge in [-0.1, -0.05) is 6.42 Å². The minimum Gasteiger partial charge on any atom is -0.495 e. The first-order valence-electron chi connectivity index (χ1n) is 11.9. The van der Waals surface area contributed by atoms with Gasteiger partial charge >= 0.3 is 0 Å². The fraction of sp³-hybridized carbons (Fsp3) is 0.458. The number of methoxy groups -OCH3 is 1. The van der Waals surface area contributed by atoms with Gasteiger partial charge in [0.25, 0.3) is 10.0 Å². The van der Waals surface area contributed by atoms with E-state index >= 15 is 0 Å². The third kappa shape index (κ3) is 4.64. The zero-order valence-electron chi connectivity index (χ0n) is 19.6. The summed E-state index contributed by atoms with van der Waals surface area (Å²) in [5, 5.41) is 0. The van der Waals surface area contributed by atoms with Crippen molar-refractivity contribution in [2.24, 2.45) is 5.92 Å². The summed E-state index contributed by atoms with van der Waals surface area (Å²) in [7, 11) is -6.39. The van der Waals surface area contributed by atoms with Gasteiger partial charge in [-0.2, -0.15) is 4.31 Å². The third-order valence-corrected chi connectivity index (χ3v) is 10.1. The highest BCUT2D eigenvalue weighted by Crippen LogP contribution is 2.38. The summed E-state index contributed by atoms with van der Waals surface area (Å²) in [5.74, 6) is 0.412. The van der Waals surface area contributed by atoms with Crippen molar-refractivity contribution in [1.82, 2.24) is 4.31 Å². The monoisotopic (exact) mass is 519 g/mol. The molecule has 2 aromatic rings. The molecule has 35 heavy (non-hydrogen) atoms. The molecule has 5 rings (SSSR count). The number of piperidine rings is 1. The number of nitrogens with zero attached hydrogens (tertiary/aromatic N) is 2. The predicted molar refractivity (Wildman–Crippen MR) is 132 cm³/mol. The Morgan fingerprint density at radius 3 is 2.34 bits per heavy atom. The van der Waals surface area contributed by atoms with Crippen LogP contribution in [-0.4, -0.2) is 53.8 Å². The van der Waals surface area contributed by atoms with E-state index < -0.39 is 20.0 Å². The molecule has 0 aromatic heterocycles. The summed E-state index contributed by atoms with van der Waals surface area (Å²) in [6.07, 6.45) is 5.01. The summed E-state index contributed by atoms with van der Waals surface area (Å²) < 4.78 is 62.0. The van der Waals surface area contributed by atoms with Crippen molar-refractivity contribution in [3.8, 4) is 5.75 Å². The van der Waals surface area contributed by atoms with E-state index in [-0.39, 0.29) is 33.1 Å². The molecule has 0 spiro atoms. The molecule has 11 heteroatoms. The Morgan fingerprint density at radius 1 is 0.943 bits per heavy atom. The molecule has 0 bridgehead atoms. The van der Waals surface area contributed by atoms with Gasteiger partial charge in [-0.3, -0.25) is 9.52 Å². The first-order chi connectivity index (χ1) is 16.7. The highest BCUT2D eigenvalue weighted by Gasteiger charge is 2.37. The number of hydrogen-bond donors (Lipinski definition) is 1. The quantitative estimate of drug-likeness (QED) is 0.602. The van der Waals surface area contributed by atoms with Crippen LogP contribution in [0.4, 0.5) is 11.4 Å². The molecule has 3 aliphatic rings. The first-order valence-corrected chi connectivity index (χ1v) is 14.8. The lowest BCUT2D eigenvalue weighted by molar-refractivity contribution is -0.119. The minimum atomic E-state index is -4.04. The van der Waals surface area contributed by atoms with Crippen LogP contribution in [0, 0.1) is 5.92 Å². The van der Waals surface area contributed by atoms with E-state index in [2.05, 4.69) is 4.72 Å². The molecule has 1 saturated carbocycles. The van der Waals surface area contributed by atoms with Gasteiger partial charge in [0.05, 0.1) is 22.6 Å². The summed E-state index contributed by atoms with van der Waals surface area (Å²) in [5.41, 5.74) is 1.61. The second-order valence-electron chi connectivity index (χ2n) is 9.24. The second kappa shape index (κ2) is 9.11. The Labute approximate surface area is 206 Å². The molecule has 2 fully saturated rings. The topological polar surface area (TPSA) is 113 Å². The van der Waals surface area contributed by atoms with Crippen LogP contribution >= 0.6 is 0 Å². The number of anilines is 2. The van der Waals surface area contributed by atoms with Crippen LogP contribution in [0.1, 0.15) is 37.7 Å². The van der Waals surface area contributed by atoms with E-state index in [1.54, 1.807) is 17.0 Å². The van der Waals surface area contributed by atoms with Crippen LogP contribution < -0.4 is 14.4 Å². The molecular formula is C24H29N3O6S2. The van der Waals surface area contributed by atoms with Crippen molar-refractivity contribution in [2.75, 3.05) is 36.4 Å². The number of amides is 1. The number of nitrogens with one attached hydrogen (secondary N) is 1. The van der Waals surface area contributed by atoms with Crippen LogP contribution in [0.2, 0.25) is 0 Å². The molecule has 1 aliphatic carbocycles. The maximum atomic E-state index is 13.3. The highest BCUT2D eigenvalue weighted by atomic mass is 32.2. The van der Waals surface area contributed by atoms with Crippen LogP contribution in [0.25, 0.3) is 0 Å². The summed E-state index contributed by atoms with van der Waals surface area (Å²) in [6.45, 7) is 1.45. The van der Waals surface area contributed by atoms with Crippen LogP contribution in [0.3, 0.4) is 0 Å². The molecule has 2 aromatic carbocycles. The van der Waals surface area contributed by atoms with Gasteiger partial charge in [-0.25, -0.2) is 16.8 Å². The summed E-state index contributed by atoms with van der Waals surface area (Å²) in [6, 6.07) is 8.93. The average molecular weight is 520 g/mol. The molecular weight excluding hydrogens is 490 g/mol. The minimum absolute atomic E-state index is 0.0149. The number of rotatable bonds is 7. The largest absolute Gasteiger partial charge is 0.495 e. The number of sulfonamides is 2. The van der Waals surface area contributed by atoms with Crippen LogP contribution in [0.5, 0.6) is 5.75 Å². The number of hydrogen-bond acceptors (Lipinski definition) is 6. The SMILES string of the molecule is COc1ccc(S(=O)(=O)N2CCCCC2)cc1NS(=O)(=O)c1ccc2c(c1)CCN2C(=O)C1CC1. The van der Waals surface area contributed by atoms with Gasteiger partial charge in [0, 0.05) is 31.2 Å². The normalized spacial score (nSPS) is 18.8. The lowest BCUT2D eigenvalue weighted by Crippen LogP contribution is -2.35. The Balaban J connectivity index is 1.42. The molecule has 188 valence electrons. The van der Waals surface area contributed by atoms with Crippen molar-refractivity contribution >= 4 is 37.3 Å². The number of ether oxygens (including phenoxy) is 1. The summed E-state index contributed by atoms with van der Waals surface area (Å²) in [4.78, 5) is 14.3. The molecule has 9 nitrogen and oxygen atoms in total. The van der Waals surface area contributed by atoms with Gasteiger partial charge in [-0.05, 0) is 74.1 Å². The second-order valence-corrected chi connectivity index (χ2v) is 12.9. The van der Waals surface area contributed by atoms with Gasteiger partial charge < -0.3 is 9.64 Å². The molecule has 2 aliphatic heterocycles. The fourth-order valence-electron chi connectivity index (χ4n) is 4.71. The van der Waals surface area contributed by atoms with E-state index in [4.69, 9.17) is 4.74 Å². The van der Waals surface area contributed by atoms with Crippen molar-refractivity contribution < 1.29 is 26.4 Å². The summed E-state index contributed by atoms with van der Waals surface area (Å²) >= 11 is 0. The van der Waals surface area contributed by atoms with Crippen LogP contribution in [0.15, 0.2) is 46.2 Å². The van der Waals surface area contributed by atoms with Gasteiger partial charge in [0.1, 0.15) is 5.75 Å². The van der Waals surface area contributed by atoms with E-state index in [9.17, 15) is 21.6 Å². The average Bonchev–Trinajstić information content (AvgIpc) is 3.62. The Morgan fingerprint density at radius 2 is 1.66 bits per heavy atom. The molecule has 0 unspecified atom stereocenters. The Kier molecular flexibility index (Phi) is 6.27. The fourth-order valence-corrected chi connectivity index (χ4v) is 7.37. The highest BCUT2D eigenvalue weighted by molar-refractivity contribution is 7.92. The Hall–Kier alpha value is -2.63. The number of carbonyl (C=O) groups is 1. The zero-order chi connectivity index (χ0) is 24.8. The van der Waals surface area contributed by atoms with Gasteiger partial charge in [0.2, 0.25) is 15.9 Å². The van der Waals surface area contributed by atoms with Crippen molar-refractivity contribution in [1.29, 1.82) is 0 Å². The van der Waals surface area contributed by atoms with E-state index in [1.807, 2.05) is 0 Å². The van der Waals surface area contributed by atoms with Gasteiger partial charge in [0.15, 0.2) is 0 Å². The van der Waals surface area contributed by atoms with Crippen LogP contribution in [-0.2, 0) is 31.3 Å². The van der Waals surface area contributed by atoms with Gasteiger partial charge in [-0.15, -0.1) is 0 Å². The molecule has 0 atom stereocenters. The standard InChI is InChI=1S/C24H29N3O6S2/c1-33-23-10-8-20(35(31,32)26-12-3-2-4-13-26)16-21(23)25-34(29,30)19-7-9-22-18(15-19)11-14-27(22)24(28)17-5-6-17/h7-10,15-17,25H,2-6,11-14H2,1H3. The lowest BCUT2D eigenvalue weighted by Gasteiger charge is -2.26. The van der Waals surface area contributed by atoms with E-state index in [0.29, 0.717) is 26.1 Å². The zero-order valence-corrected chi connectivity index (χ0v) is 21.2. The molecule has 2 heterocycles. The molecule has 1 N–H and O–H groups in total. The van der Waals surface area contributed by atoms with E-state index in [0.717, 1.165) is 43.4 Å². The number of carbonyl (C=O) groups excluding carboxylic acids is 1. The van der Waals surface area contributed by atoms with Crippen molar-refractivity contribution in [3.63, 3.8) is 0 Å². The first kappa shape index (κ1) is 24.1. The molecule has 1 amide bonds. The Bertz CT molecular complexity index is 1360. The number of benzene rings is 2. The maximum Gasteiger partial charge on any atom is 0.262 e. The third-order valence-electron chi connectivity index (χ3n) is 6.82. The van der Waals surface area contributed by atoms with Crippen molar-refractivity contribution in [2.45, 2.75) is 48.3 Å². The molecule has 0 radical (unpaired) electrons. The maximum absolute atomic E-state index is 13.3. The van der Waals surface area contributed by atoms with E-state index in [1.165, 1.54) is 35.7 Å². The predicted octanol–water partition coefficient (Wildman–Crippen LogP) is 2.97. The smallest absolute Gasteiger partial charge is 0.262 e. The van der Waals surface area contributed by atoms with Crippen molar-refractivity contribution in [3.05, 3.63) is 42.0 Å². The molecule has 1 saturated heterocycles. The lowest BCUT2D eigenvalue weighted by atomic mass is 10.2.